The van der Waals surface area contributed by atoms with Gasteiger partial charge in [-0.15, -0.1) is 0 Å². The summed E-state index contributed by atoms with van der Waals surface area (Å²) in [5.41, 5.74) is 5.41. The predicted octanol–water partition coefficient (Wildman–Crippen LogP) is 2.56. The average Bonchev–Trinajstić information content (AvgIpc) is 2.47. The molecule has 0 aliphatic rings. The molecule has 2 rings (SSSR count). The Kier molecular flexibility index (Phi) is 5.68. The number of pyridine rings is 1. The minimum atomic E-state index is -0.196. The number of carbonyl (C=O) groups is 1. The van der Waals surface area contributed by atoms with Crippen LogP contribution in [0, 0.1) is 10.5 Å². The van der Waals surface area contributed by atoms with Crippen molar-refractivity contribution in [3.8, 4) is 0 Å². The highest BCUT2D eigenvalue weighted by atomic mass is 127. The van der Waals surface area contributed by atoms with Crippen molar-refractivity contribution in [2.24, 2.45) is 5.10 Å². The van der Waals surface area contributed by atoms with Gasteiger partial charge in [0.05, 0.1) is 12.8 Å². The van der Waals surface area contributed by atoms with Crippen molar-refractivity contribution >= 4 is 40.4 Å². The summed E-state index contributed by atoms with van der Waals surface area (Å²) in [6, 6.07) is 9.63. The van der Waals surface area contributed by atoms with Crippen LogP contribution in [0.25, 0.3) is 0 Å². The number of aromatic nitrogens is 1. The number of halogens is 1. The molecule has 0 aliphatic heterocycles. The van der Waals surface area contributed by atoms with Gasteiger partial charge in [-0.2, -0.15) is 5.10 Å². The van der Waals surface area contributed by atoms with Crippen LogP contribution in [0.2, 0.25) is 0 Å². The Labute approximate surface area is 137 Å². The van der Waals surface area contributed by atoms with Gasteiger partial charge in [-0.05, 0) is 71.0 Å². The van der Waals surface area contributed by atoms with Crippen molar-refractivity contribution in [1.29, 1.82) is 0 Å². The summed E-state index contributed by atoms with van der Waals surface area (Å²) < 4.78 is 1.17. The van der Waals surface area contributed by atoms with E-state index < -0.39 is 0 Å². The zero-order valence-electron chi connectivity index (χ0n) is 11.5. The molecule has 1 heterocycles. The molecule has 0 atom stereocenters. The van der Waals surface area contributed by atoms with Crippen molar-refractivity contribution in [3.63, 3.8) is 0 Å². The maximum absolute atomic E-state index is 11.7. The highest BCUT2D eigenvalue weighted by Gasteiger charge is 2.02. The lowest BCUT2D eigenvalue weighted by Crippen LogP contribution is -2.26. The number of benzene rings is 1. The molecule has 0 radical (unpaired) electrons. The monoisotopic (exact) mass is 394 g/mol. The van der Waals surface area contributed by atoms with Crippen LogP contribution in [0.3, 0.4) is 0 Å². The summed E-state index contributed by atoms with van der Waals surface area (Å²) >= 11 is 2.26. The van der Waals surface area contributed by atoms with Crippen LogP contribution in [0.1, 0.15) is 11.1 Å². The van der Waals surface area contributed by atoms with Crippen LogP contribution in [-0.4, -0.2) is 23.7 Å². The van der Waals surface area contributed by atoms with Gasteiger partial charge in [0, 0.05) is 21.7 Å². The van der Waals surface area contributed by atoms with Crippen LogP contribution in [0.5, 0.6) is 0 Å². The quantitative estimate of drug-likeness (QED) is 0.466. The maximum Gasteiger partial charge on any atom is 0.259 e. The van der Waals surface area contributed by atoms with E-state index in [1.165, 1.54) is 3.57 Å². The van der Waals surface area contributed by atoms with Crippen molar-refractivity contribution in [1.82, 2.24) is 10.4 Å². The second-order valence-electron chi connectivity index (χ2n) is 4.39. The highest BCUT2D eigenvalue weighted by Crippen LogP contribution is 2.17. The smallest absolute Gasteiger partial charge is 0.259 e. The molecule has 108 valence electrons. The molecule has 0 aliphatic carbocycles. The Morgan fingerprint density at radius 2 is 2.10 bits per heavy atom. The van der Waals surface area contributed by atoms with Crippen molar-refractivity contribution in [3.05, 3.63) is 57.4 Å². The van der Waals surface area contributed by atoms with E-state index in [4.69, 9.17) is 0 Å². The second-order valence-corrected chi connectivity index (χ2v) is 5.63. The van der Waals surface area contributed by atoms with E-state index in [1.807, 2.05) is 31.2 Å². The third-order valence-electron chi connectivity index (χ3n) is 2.74. The summed E-state index contributed by atoms with van der Waals surface area (Å²) in [6.45, 7) is 2.18. The molecule has 1 aromatic carbocycles. The summed E-state index contributed by atoms with van der Waals surface area (Å²) in [5.74, 6) is -0.196. The first-order valence-corrected chi connectivity index (χ1v) is 7.45. The van der Waals surface area contributed by atoms with Crippen LogP contribution in [-0.2, 0) is 4.79 Å². The molecule has 0 spiro atoms. The standard InChI is InChI=1S/C15H15IN4O/c1-11-8-13(16)2-3-14(11)18-10-15(21)20-19-9-12-4-6-17-7-5-12/h2-9,18H,10H2,1H3,(H,20,21). The fourth-order valence-corrected chi connectivity index (χ4v) is 2.32. The molecule has 5 nitrogen and oxygen atoms in total. The lowest BCUT2D eigenvalue weighted by molar-refractivity contribution is -0.119. The minimum Gasteiger partial charge on any atom is -0.376 e. The number of anilines is 1. The number of hydrogen-bond donors (Lipinski definition) is 2. The van der Waals surface area contributed by atoms with Crippen LogP contribution < -0.4 is 10.7 Å². The molecular weight excluding hydrogens is 379 g/mol. The molecule has 2 N–H and O–H groups in total. The van der Waals surface area contributed by atoms with Gasteiger partial charge < -0.3 is 5.32 Å². The van der Waals surface area contributed by atoms with E-state index >= 15 is 0 Å². The molecule has 0 bridgehead atoms. The summed E-state index contributed by atoms with van der Waals surface area (Å²) in [4.78, 5) is 15.6. The molecule has 2 aromatic rings. The maximum atomic E-state index is 11.7. The fraction of sp³-hybridized carbons (Fsp3) is 0.133. The van der Waals surface area contributed by atoms with E-state index in [2.05, 4.69) is 49.5 Å². The largest absolute Gasteiger partial charge is 0.376 e. The van der Waals surface area contributed by atoms with E-state index in [-0.39, 0.29) is 12.5 Å². The number of aryl methyl sites for hydroxylation is 1. The molecule has 1 amide bonds. The zero-order chi connectivity index (χ0) is 15.1. The Morgan fingerprint density at radius 3 is 2.81 bits per heavy atom. The SMILES string of the molecule is Cc1cc(I)ccc1NCC(=O)NN=Cc1ccncc1. The van der Waals surface area contributed by atoms with Gasteiger partial charge in [-0.3, -0.25) is 9.78 Å². The van der Waals surface area contributed by atoms with E-state index in [1.54, 1.807) is 18.6 Å². The third-order valence-corrected chi connectivity index (χ3v) is 3.41. The first-order valence-electron chi connectivity index (χ1n) is 6.37. The number of amides is 1. The average molecular weight is 394 g/mol. The highest BCUT2D eigenvalue weighted by molar-refractivity contribution is 14.1. The van der Waals surface area contributed by atoms with Crippen LogP contribution in [0.4, 0.5) is 5.69 Å². The third kappa shape index (κ3) is 5.14. The topological polar surface area (TPSA) is 66.4 Å². The number of rotatable bonds is 5. The number of nitrogens with zero attached hydrogens (tertiary/aromatic N) is 2. The van der Waals surface area contributed by atoms with Crippen molar-refractivity contribution in [2.75, 3.05) is 11.9 Å². The number of hydrogen-bond acceptors (Lipinski definition) is 4. The lowest BCUT2D eigenvalue weighted by atomic mass is 10.2. The molecule has 0 saturated carbocycles. The first kappa shape index (κ1) is 15.4. The summed E-state index contributed by atoms with van der Waals surface area (Å²) in [7, 11) is 0. The zero-order valence-corrected chi connectivity index (χ0v) is 13.7. The predicted molar refractivity (Wildman–Crippen MR) is 92.4 cm³/mol. The Hall–Kier alpha value is -1.96. The second kappa shape index (κ2) is 7.72. The summed E-state index contributed by atoms with van der Waals surface area (Å²) in [6.07, 6.45) is 4.92. The summed E-state index contributed by atoms with van der Waals surface area (Å²) in [5, 5.41) is 6.99. The normalized spacial score (nSPS) is 10.6. The van der Waals surface area contributed by atoms with Gasteiger partial charge in [-0.25, -0.2) is 5.43 Å². The van der Waals surface area contributed by atoms with Crippen LogP contribution in [0.15, 0.2) is 47.8 Å². The molecule has 0 unspecified atom stereocenters. The van der Waals surface area contributed by atoms with E-state index in [0.717, 1.165) is 16.8 Å². The minimum absolute atomic E-state index is 0.176. The molecule has 1 aromatic heterocycles. The number of hydrazone groups is 1. The Balaban J connectivity index is 1.81. The molecular formula is C15H15IN4O. The number of nitrogens with one attached hydrogen (secondary N) is 2. The fourth-order valence-electron chi connectivity index (χ4n) is 1.67. The van der Waals surface area contributed by atoms with Crippen LogP contribution >= 0.6 is 22.6 Å². The van der Waals surface area contributed by atoms with Crippen molar-refractivity contribution in [2.45, 2.75) is 6.92 Å². The van der Waals surface area contributed by atoms with E-state index in [9.17, 15) is 4.79 Å². The van der Waals surface area contributed by atoms with E-state index in [0.29, 0.717) is 0 Å². The molecule has 21 heavy (non-hydrogen) atoms. The van der Waals surface area contributed by atoms with Gasteiger partial charge in [0.25, 0.3) is 5.91 Å². The Bertz CT molecular complexity index is 643. The van der Waals surface area contributed by atoms with Gasteiger partial charge in [0.15, 0.2) is 0 Å². The molecule has 0 fully saturated rings. The first-order chi connectivity index (χ1) is 10.1. The van der Waals surface area contributed by atoms with Gasteiger partial charge >= 0.3 is 0 Å². The molecule has 6 heteroatoms. The van der Waals surface area contributed by atoms with Gasteiger partial charge in [-0.1, -0.05) is 0 Å². The van der Waals surface area contributed by atoms with Gasteiger partial charge in [0.1, 0.15) is 0 Å². The Morgan fingerprint density at radius 1 is 1.33 bits per heavy atom. The molecule has 0 saturated heterocycles. The number of carbonyl (C=O) groups excluding carboxylic acids is 1. The van der Waals surface area contributed by atoms with Crippen molar-refractivity contribution < 1.29 is 4.79 Å². The van der Waals surface area contributed by atoms with Gasteiger partial charge in [0.2, 0.25) is 0 Å². The lowest BCUT2D eigenvalue weighted by Gasteiger charge is -2.08.